The van der Waals surface area contributed by atoms with Gasteiger partial charge in [0.25, 0.3) is 0 Å². The highest BCUT2D eigenvalue weighted by molar-refractivity contribution is 5.90. The number of nitrogens with zero attached hydrogens (tertiary/aromatic N) is 1. The van der Waals surface area contributed by atoms with Crippen molar-refractivity contribution in [1.29, 1.82) is 0 Å². The Kier molecular flexibility index (Phi) is 10.6. The van der Waals surface area contributed by atoms with Crippen LogP contribution in [0.4, 0.5) is 0 Å². The molecule has 0 bridgehead atoms. The van der Waals surface area contributed by atoms with Crippen molar-refractivity contribution in [1.82, 2.24) is 4.90 Å². The maximum absolute atomic E-state index is 13.8. The summed E-state index contributed by atoms with van der Waals surface area (Å²) in [5, 5.41) is 0. The molecule has 8 nitrogen and oxygen atoms in total. The van der Waals surface area contributed by atoms with Gasteiger partial charge in [0.1, 0.15) is 5.78 Å². The first kappa shape index (κ1) is 29.6. The average molecular weight is 550 g/mol. The van der Waals surface area contributed by atoms with Crippen LogP contribution >= 0.6 is 0 Å². The lowest BCUT2D eigenvalue weighted by Crippen LogP contribution is -2.50. The number of ether oxygens (including phenoxy) is 4. The van der Waals surface area contributed by atoms with Gasteiger partial charge in [-0.15, -0.1) is 0 Å². The highest BCUT2D eigenvalue weighted by atomic mass is 16.5. The summed E-state index contributed by atoms with van der Waals surface area (Å²) in [6, 6.07) is 19.5. The molecule has 214 valence electrons. The highest BCUT2D eigenvalue weighted by Gasteiger charge is 2.63. The van der Waals surface area contributed by atoms with Gasteiger partial charge in [-0.25, -0.2) is 4.79 Å². The lowest BCUT2D eigenvalue weighted by atomic mass is 9.73. The van der Waals surface area contributed by atoms with Crippen molar-refractivity contribution in [3.8, 4) is 0 Å². The number of ketones is 1. The molecule has 0 radical (unpaired) electrons. The van der Waals surface area contributed by atoms with E-state index in [-0.39, 0.29) is 24.9 Å². The molecule has 4 rings (SSSR count). The standard InChI is InChI=1S/C32H39NO7/c1-37-28(35)15-17-32(18-21-40-23-25-12-7-4-8-13-25)30(31(36)38-2)29(26-14-9-19-33(26)32)27(34)16-20-39-22-24-10-5-3-6-11-24/h3-8,10-13,15,17,26,29-30H,9,14,16,18-23H2,1-2H3/b17-15+/t26-,29+,30-,32-/m1/s1. The molecule has 0 unspecified atom stereocenters. The summed E-state index contributed by atoms with van der Waals surface area (Å²) in [6.45, 7) is 2.13. The summed E-state index contributed by atoms with van der Waals surface area (Å²) in [4.78, 5) is 41.6. The monoisotopic (exact) mass is 549 g/mol. The molecule has 2 heterocycles. The summed E-state index contributed by atoms with van der Waals surface area (Å²) in [5.41, 5.74) is 1.15. The maximum atomic E-state index is 13.8. The zero-order valence-corrected chi connectivity index (χ0v) is 23.3. The number of methoxy groups -OCH3 is 2. The topological polar surface area (TPSA) is 91.4 Å². The van der Waals surface area contributed by atoms with Gasteiger partial charge < -0.3 is 18.9 Å². The summed E-state index contributed by atoms with van der Waals surface area (Å²) in [6.07, 6.45) is 5.38. The van der Waals surface area contributed by atoms with Gasteiger partial charge in [0.2, 0.25) is 0 Å². The van der Waals surface area contributed by atoms with Crippen LogP contribution in [-0.4, -0.2) is 68.2 Å². The van der Waals surface area contributed by atoms with E-state index in [1.807, 2.05) is 60.7 Å². The van der Waals surface area contributed by atoms with E-state index in [4.69, 9.17) is 18.9 Å². The van der Waals surface area contributed by atoms with Gasteiger partial charge >= 0.3 is 11.9 Å². The van der Waals surface area contributed by atoms with E-state index in [9.17, 15) is 14.4 Å². The van der Waals surface area contributed by atoms with Crippen molar-refractivity contribution in [2.75, 3.05) is 34.0 Å². The second-order valence-electron chi connectivity index (χ2n) is 10.3. The lowest BCUT2D eigenvalue weighted by Gasteiger charge is -2.39. The Morgan fingerprint density at radius 3 is 2.12 bits per heavy atom. The van der Waals surface area contributed by atoms with Crippen LogP contribution in [0.15, 0.2) is 72.8 Å². The van der Waals surface area contributed by atoms with Crippen LogP contribution in [0.25, 0.3) is 0 Å². The summed E-state index contributed by atoms with van der Waals surface area (Å²) >= 11 is 0. The molecule has 2 aromatic rings. The van der Waals surface area contributed by atoms with Crippen molar-refractivity contribution in [3.05, 3.63) is 83.9 Å². The van der Waals surface area contributed by atoms with Gasteiger partial charge in [0.05, 0.1) is 45.5 Å². The van der Waals surface area contributed by atoms with Crippen molar-refractivity contribution in [2.24, 2.45) is 11.8 Å². The molecule has 4 atom stereocenters. The first-order valence-electron chi connectivity index (χ1n) is 13.9. The molecule has 0 aromatic heterocycles. The molecule has 2 aliphatic rings. The van der Waals surface area contributed by atoms with E-state index < -0.39 is 29.3 Å². The minimum atomic E-state index is -0.926. The van der Waals surface area contributed by atoms with Crippen LogP contribution in [-0.2, 0) is 46.5 Å². The molecule has 0 amide bonds. The van der Waals surface area contributed by atoms with E-state index in [0.29, 0.717) is 32.8 Å². The summed E-state index contributed by atoms with van der Waals surface area (Å²) in [5.74, 6) is -2.38. The minimum absolute atomic E-state index is 0.0288. The molecule has 2 saturated heterocycles. The number of benzene rings is 2. The zero-order chi connectivity index (χ0) is 28.4. The Hall–Kier alpha value is -3.33. The molecule has 0 N–H and O–H groups in total. The van der Waals surface area contributed by atoms with Gasteiger partial charge in [-0.05, 0) is 36.9 Å². The van der Waals surface area contributed by atoms with Gasteiger partial charge in [0, 0.05) is 31.1 Å². The molecular formula is C32H39NO7. The fourth-order valence-corrected chi connectivity index (χ4v) is 6.24. The summed E-state index contributed by atoms with van der Waals surface area (Å²) in [7, 11) is 2.66. The quantitative estimate of drug-likeness (QED) is 0.198. The molecular weight excluding hydrogens is 510 g/mol. The third-order valence-electron chi connectivity index (χ3n) is 8.05. The van der Waals surface area contributed by atoms with Crippen LogP contribution in [0.1, 0.15) is 36.8 Å². The van der Waals surface area contributed by atoms with Crippen molar-refractivity contribution in [2.45, 2.75) is 50.5 Å². The number of esters is 2. The van der Waals surface area contributed by atoms with Crippen molar-refractivity contribution in [3.63, 3.8) is 0 Å². The van der Waals surface area contributed by atoms with Crippen LogP contribution in [0, 0.1) is 11.8 Å². The van der Waals surface area contributed by atoms with Gasteiger partial charge in [-0.2, -0.15) is 0 Å². The molecule has 0 aliphatic carbocycles. The third kappa shape index (κ3) is 6.86. The minimum Gasteiger partial charge on any atom is -0.469 e. The second kappa shape index (κ2) is 14.3. The van der Waals surface area contributed by atoms with E-state index >= 15 is 0 Å². The molecule has 40 heavy (non-hydrogen) atoms. The molecule has 2 fully saturated rings. The van der Waals surface area contributed by atoms with Crippen LogP contribution in [0.2, 0.25) is 0 Å². The lowest BCUT2D eigenvalue weighted by molar-refractivity contribution is -0.152. The van der Waals surface area contributed by atoms with Gasteiger partial charge in [0.15, 0.2) is 0 Å². The Labute approximate surface area is 236 Å². The number of rotatable bonds is 14. The first-order valence-corrected chi connectivity index (χ1v) is 13.9. The largest absolute Gasteiger partial charge is 0.469 e. The third-order valence-corrected chi connectivity index (χ3v) is 8.05. The van der Waals surface area contributed by atoms with Crippen molar-refractivity contribution < 1.29 is 33.3 Å². The number of hydrogen-bond acceptors (Lipinski definition) is 8. The van der Waals surface area contributed by atoms with E-state index in [1.54, 1.807) is 6.08 Å². The van der Waals surface area contributed by atoms with Crippen LogP contribution in [0.5, 0.6) is 0 Å². The summed E-state index contributed by atoms with van der Waals surface area (Å²) < 4.78 is 22.0. The molecule has 0 spiro atoms. The number of fused-ring (bicyclic) bond motifs is 1. The Bertz CT molecular complexity index is 1150. The Morgan fingerprint density at radius 1 is 0.900 bits per heavy atom. The number of hydrogen-bond donors (Lipinski definition) is 0. The maximum Gasteiger partial charge on any atom is 0.330 e. The predicted molar refractivity (Wildman–Crippen MR) is 149 cm³/mol. The molecule has 2 aromatic carbocycles. The number of Topliss-reactive ketones (excluding diaryl/α,β-unsaturated/α-hetero) is 1. The SMILES string of the molecule is COC(=O)/C=C/[C@@]1(CCOCc2ccccc2)[C@@H](C(=O)OC)[C@H](C(=O)CCOCc2ccccc2)[C@H]2CCCN21. The van der Waals surface area contributed by atoms with Gasteiger partial charge in [-0.3, -0.25) is 14.5 Å². The highest BCUT2D eigenvalue weighted by Crippen LogP contribution is 2.51. The normalized spacial score (nSPS) is 24.2. The first-order chi connectivity index (χ1) is 19.5. The van der Waals surface area contributed by atoms with E-state index in [1.165, 1.54) is 20.3 Å². The van der Waals surface area contributed by atoms with Crippen molar-refractivity contribution >= 4 is 17.7 Å². The van der Waals surface area contributed by atoms with Gasteiger partial charge in [-0.1, -0.05) is 66.7 Å². The Morgan fingerprint density at radius 2 is 1.52 bits per heavy atom. The average Bonchev–Trinajstić information content (AvgIpc) is 3.57. The fraction of sp³-hybridized carbons (Fsp3) is 0.469. The van der Waals surface area contributed by atoms with Crippen LogP contribution in [0.3, 0.4) is 0 Å². The number of carbonyl (C=O) groups excluding carboxylic acids is 3. The Balaban J connectivity index is 1.54. The predicted octanol–water partition coefficient (Wildman–Crippen LogP) is 4.12. The fourth-order valence-electron chi connectivity index (χ4n) is 6.24. The van der Waals surface area contributed by atoms with Crippen LogP contribution < -0.4 is 0 Å². The smallest absolute Gasteiger partial charge is 0.330 e. The van der Waals surface area contributed by atoms with E-state index in [0.717, 1.165) is 24.0 Å². The second-order valence-corrected chi connectivity index (χ2v) is 10.3. The van der Waals surface area contributed by atoms with E-state index in [2.05, 4.69) is 4.90 Å². The molecule has 0 saturated carbocycles. The molecule has 8 heteroatoms. The number of carbonyl (C=O) groups is 3. The molecule has 2 aliphatic heterocycles. The zero-order valence-electron chi connectivity index (χ0n) is 23.3.